The highest BCUT2D eigenvalue weighted by molar-refractivity contribution is 9.10. The van der Waals surface area contributed by atoms with E-state index in [4.69, 9.17) is 15.2 Å². The monoisotopic (exact) mass is 362 g/mol. The molecule has 4 nitrogen and oxygen atoms in total. The van der Waals surface area contributed by atoms with Gasteiger partial charge in [0.15, 0.2) is 0 Å². The van der Waals surface area contributed by atoms with E-state index in [9.17, 15) is 4.39 Å². The Bertz CT molecular complexity index is 421. The SMILES string of the molecule is COCCCN(CCOC)C(CN)c1ccc(Br)c(F)c1. The molecule has 1 unspecified atom stereocenters. The van der Waals surface area contributed by atoms with Crippen molar-refractivity contribution in [2.75, 3.05) is 47.1 Å². The van der Waals surface area contributed by atoms with Crippen molar-refractivity contribution in [3.8, 4) is 0 Å². The molecule has 2 N–H and O–H groups in total. The summed E-state index contributed by atoms with van der Waals surface area (Å²) in [5, 5.41) is 0. The number of hydrogen-bond donors (Lipinski definition) is 1. The van der Waals surface area contributed by atoms with Gasteiger partial charge >= 0.3 is 0 Å². The average Bonchev–Trinajstić information content (AvgIpc) is 2.48. The predicted molar refractivity (Wildman–Crippen MR) is 85.8 cm³/mol. The van der Waals surface area contributed by atoms with Gasteiger partial charge in [-0.2, -0.15) is 0 Å². The summed E-state index contributed by atoms with van der Waals surface area (Å²) in [7, 11) is 3.36. The first-order chi connectivity index (χ1) is 10.1. The number of ether oxygens (including phenoxy) is 2. The minimum atomic E-state index is -0.269. The van der Waals surface area contributed by atoms with Crippen molar-refractivity contribution in [1.82, 2.24) is 4.90 Å². The Hall–Kier alpha value is -0.530. The second-order valence-corrected chi connectivity index (χ2v) is 5.65. The Morgan fingerprint density at radius 2 is 1.95 bits per heavy atom. The van der Waals surface area contributed by atoms with Crippen LogP contribution in [0.4, 0.5) is 4.39 Å². The number of benzene rings is 1. The molecule has 21 heavy (non-hydrogen) atoms. The zero-order valence-corrected chi connectivity index (χ0v) is 14.2. The topological polar surface area (TPSA) is 47.7 Å². The van der Waals surface area contributed by atoms with E-state index in [0.717, 1.165) is 25.1 Å². The van der Waals surface area contributed by atoms with Gasteiger partial charge in [0.05, 0.1) is 11.1 Å². The Kier molecular flexibility index (Phi) is 9.03. The van der Waals surface area contributed by atoms with Crippen molar-refractivity contribution < 1.29 is 13.9 Å². The summed E-state index contributed by atoms with van der Waals surface area (Å²) in [5.74, 6) is -0.269. The minimum Gasteiger partial charge on any atom is -0.385 e. The third kappa shape index (κ3) is 6.00. The van der Waals surface area contributed by atoms with E-state index in [-0.39, 0.29) is 11.9 Å². The summed E-state index contributed by atoms with van der Waals surface area (Å²) in [6, 6.07) is 5.13. The highest BCUT2D eigenvalue weighted by atomic mass is 79.9. The van der Waals surface area contributed by atoms with Crippen LogP contribution < -0.4 is 5.73 Å². The van der Waals surface area contributed by atoms with Crippen LogP contribution in [0.15, 0.2) is 22.7 Å². The molecule has 1 rings (SSSR count). The van der Waals surface area contributed by atoms with Gasteiger partial charge in [-0.15, -0.1) is 0 Å². The highest BCUT2D eigenvalue weighted by Gasteiger charge is 2.19. The standard InChI is InChI=1S/C15H24BrFN2O2/c1-20-8-3-6-19(7-9-21-2)15(11-18)12-4-5-13(16)14(17)10-12/h4-5,10,15H,3,6-9,11,18H2,1-2H3. The summed E-state index contributed by atoms with van der Waals surface area (Å²) in [4.78, 5) is 2.21. The van der Waals surface area contributed by atoms with Crippen LogP contribution >= 0.6 is 15.9 Å². The van der Waals surface area contributed by atoms with Crippen LogP contribution in [0.2, 0.25) is 0 Å². The second-order valence-electron chi connectivity index (χ2n) is 4.80. The fraction of sp³-hybridized carbons (Fsp3) is 0.600. The highest BCUT2D eigenvalue weighted by Crippen LogP contribution is 2.24. The zero-order chi connectivity index (χ0) is 15.7. The molecule has 0 fully saturated rings. The Morgan fingerprint density at radius 3 is 2.52 bits per heavy atom. The molecule has 0 aliphatic rings. The molecule has 0 radical (unpaired) electrons. The van der Waals surface area contributed by atoms with Gasteiger partial charge in [-0.1, -0.05) is 6.07 Å². The summed E-state index contributed by atoms with van der Waals surface area (Å²) in [6.07, 6.45) is 0.899. The van der Waals surface area contributed by atoms with Crippen LogP contribution in [0.25, 0.3) is 0 Å². The smallest absolute Gasteiger partial charge is 0.137 e. The molecule has 6 heteroatoms. The quantitative estimate of drug-likeness (QED) is 0.649. The van der Waals surface area contributed by atoms with E-state index in [1.54, 1.807) is 20.3 Å². The van der Waals surface area contributed by atoms with Crippen LogP contribution in [-0.2, 0) is 9.47 Å². The normalized spacial score (nSPS) is 12.9. The van der Waals surface area contributed by atoms with Gasteiger partial charge in [0.2, 0.25) is 0 Å². The Balaban J connectivity index is 2.84. The van der Waals surface area contributed by atoms with Crippen LogP contribution in [-0.4, -0.2) is 52.0 Å². The van der Waals surface area contributed by atoms with Gasteiger partial charge in [0.25, 0.3) is 0 Å². The lowest BCUT2D eigenvalue weighted by Gasteiger charge is -2.31. The largest absolute Gasteiger partial charge is 0.385 e. The number of methoxy groups -OCH3 is 2. The number of nitrogens with two attached hydrogens (primary N) is 1. The molecular formula is C15H24BrFN2O2. The number of nitrogens with zero attached hydrogens (tertiary/aromatic N) is 1. The molecule has 0 aliphatic carbocycles. The molecule has 0 saturated heterocycles. The Labute approximate surface area is 134 Å². The zero-order valence-electron chi connectivity index (χ0n) is 12.6. The van der Waals surface area contributed by atoms with Crippen molar-refractivity contribution in [2.45, 2.75) is 12.5 Å². The molecule has 0 saturated carbocycles. The molecule has 0 aromatic heterocycles. The molecule has 1 atom stereocenters. The van der Waals surface area contributed by atoms with Gasteiger partial charge < -0.3 is 15.2 Å². The summed E-state index contributed by atoms with van der Waals surface area (Å²) in [5.41, 5.74) is 6.80. The van der Waals surface area contributed by atoms with Gasteiger partial charge in [0, 0.05) is 46.5 Å². The number of hydrogen-bond acceptors (Lipinski definition) is 4. The molecule has 120 valence electrons. The van der Waals surface area contributed by atoms with E-state index in [0.29, 0.717) is 24.2 Å². The lowest BCUT2D eigenvalue weighted by Crippen LogP contribution is -2.37. The van der Waals surface area contributed by atoms with Crippen molar-refractivity contribution in [3.05, 3.63) is 34.1 Å². The Morgan fingerprint density at radius 1 is 1.24 bits per heavy atom. The minimum absolute atomic E-state index is 0.0281. The maximum atomic E-state index is 13.7. The molecule has 1 aromatic rings. The fourth-order valence-corrected chi connectivity index (χ4v) is 2.51. The second kappa shape index (κ2) is 10.2. The third-order valence-electron chi connectivity index (χ3n) is 3.37. The number of halogens is 2. The third-order valence-corrected chi connectivity index (χ3v) is 4.01. The number of rotatable bonds is 10. The van der Waals surface area contributed by atoms with Crippen molar-refractivity contribution in [1.29, 1.82) is 0 Å². The molecule has 0 amide bonds. The maximum Gasteiger partial charge on any atom is 0.137 e. The van der Waals surface area contributed by atoms with E-state index in [1.165, 1.54) is 6.07 Å². The van der Waals surface area contributed by atoms with E-state index in [1.807, 2.05) is 6.07 Å². The maximum absolute atomic E-state index is 13.7. The van der Waals surface area contributed by atoms with Crippen molar-refractivity contribution >= 4 is 15.9 Å². The van der Waals surface area contributed by atoms with Crippen LogP contribution in [0.1, 0.15) is 18.0 Å². The van der Waals surface area contributed by atoms with Crippen LogP contribution in [0.5, 0.6) is 0 Å². The summed E-state index contributed by atoms with van der Waals surface area (Å²) < 4.78 is 24.5. The lowest BCUT2D eigenvalue weighted by atomic mass is 10.0. The first-order valence-corrected chi connectivity index (χ1v) is 7.80. The lowest BCUT2D eigenvalue weighted by molar-refractivity contribution is 0.108. The molecule has 0 aliphatic heterocycles. The van der Waals surface area contributed by atoms with Crippen molar-refractivity contribution in [2.24, 2.45) is 5.73 Å². The predicted octanol–water partition coefficient (Wildman–Crippen LogP) is 2.57. The molecule has 0 spiro atoms. The fourth-order valence-electron chi connectivity index (χ4n) is 2.26. The molecule has 0 bridgehead atoms. The molecule has 0 heterocycles. The average molecular weight is 363 g/mol. The first-order valence-electron chi connectivity index (χ1n) is 7.01. The van der Waals surface area contributed by atoms with E-state index < -0.39 is 0 Å². The van der Waals surface area contributed by atoms with Crippen LogP contribution in [0, 0.1) is 5.82 Å². The first kappa shape index (κ1) is 18.5. The summed E-state index contributed by atoms with van der Waals surface area (Å²) >= 11 is 3.17. The van der Waals surface area contributed by atoms with E-state index in [2.05, 4.69) is 20.8 Å². The van der Waals surface area contributed by atoms with Crippen molar-refractivity contribution in [3.63, 3.8) is 0 Å². The van der Waals surface area contributed by atoms with E-state index >= 15 is 0 Å². The molecular weight excluding hydrogens is 339 g/mol. The van der Waals surface area contributed by atoms with Crippen LogP contribution in [0.3, 0.4) is 0 Å². The van der Waals surface area contributed by atoms with Gasteiger partial charge in [0.1, 0.15) is 5.82 Å². The molecule has 1 aromatic carbocycles. The van der Waals surface area contributed by atoms with Gasteiger partial charge in [-0.25, -0.2) is 4.39 Å². The van der Waals surface area contributed by atoms with Gasteiger partial charge in [-0.05, 0) is 40.0 Å². The van der Waals surface area contributed by atoms with Gasteiger partial charge in [-0.3, -0.25) is 4.90 Å². The summed E-state index contributed by atoms with van der Waals surface area (Å²) in [6.45, 7) is 3.31.